The minimum atomic E-state index is -2.16. The second-order valence-electron chi connectivity index (χ2n) is 13.4. The van der Waals surface area contributed by atoms with Gasteiger partial charge in [0, 0.05) is 18.5 Å². The number of rotatable bonds is 11. The van der Waals surface area contributed by atoms with Gasteiger partial charge in [-0.3, -0.25) is 4.57 Å². The fourth-order valence-corrected chi connectivity index (χ4v) is 8.22. The maximum absolute atomic E-state index is 7.02. The summed E-state index contributed by atoms with van der Waals surface area (Å²) in [6.45, 7) is 11.6. The van der Waals surface area contributed by atoms with Crippen LogP contribution in [-0.4, -0.2) is 53.8 Å². The lowest BCUT2D eigenvalue weighted by Gasteiger charge is -2.39. The van der Waals surface area contributed by atoms with E-state index >= 15 is 0 Å². The monoisotopic (exact) mass is 669 g/mol. The molecule has 0 spiro atoms. The SMILES string of the molecule is COc1ccc(C(SOC[C@H]2O[C@@H](n3cnc4c(N)ncnc43)C[C@@H]2O[Si](C)(C)C(C)(C)C)(c2ccccc2)c2ccccc2)cc1. The van der Waals surface area contributed by atoms with E-state index in [-0.39, 0.29) is 23.5 Å². The highest BCUT2D eigenvalue weighted by Gasteiger charge is 2.46. The minimum Gasteiger partial charge on any atom is -0.497 e. The summed E-state index contributed by atoms with van der Waals surface area (Å²) in [5.74, 6) is 1.14. The summed E-state index contributed by atoms with van der Waals surface area (Å²) in [6.07, 6.45) is 2.93. The molecule has 0 bridgehead atoms. The number of hydrogen-bond acceptors (Lipinski definition) is 9. The molecule has 2 aromatic heterocycles. The Hall–Kier alpha value is -3.74. The van der Waals surface area contributed by atoms with Gasteiger partial charge < -0.3 is 23.8 Å². The van der Waals surface area contributed by atoms with Gasteiger partial charge in [-0.25, -0.2) is 15.0 Å². The molecule has 5 aromatic rings. The van der Waals surface area contributed by atoms with Crippen LogP contribution in [0.4, 0.5) is 5.82 Å². The van der Waals surface area contributed by atoms with Gasteiger partial charge in [0.1, 0.15) is 34.7 Å². The van der Waals surface area contributed by atoms with Crippen LogP contribution in [-0.2, 0) is 18.1 Å². The van der Waals surface area contributed by atoms with Crippen molar-refractivity contribution in [3.05, 3.63) is 114 Å². The second-order valence-corrected chi connectivity index (χ2v) is 19.1. The van der Waals surface area contributed by atoms with Crippen molar-refractivity contribution < 1.29 is 18.1 Å². The Kier molecular flexibility index (Phi) is 9.46. The van der Waals surface area contributed by atoms with Crippen LogP contribution < -0.4 is 10.5 Å². The van der Waals surface area contributed by atoms with Gasteiger partial charge in [0.2, 0.25) is 0 Å². The molecule has 0 amide bonds. The fourth-order valence-electron chi connectivity index (χ4n) is 5.79. The van der Waals surface area contributed by atoms with E-state index in [0.29, 0.717) is 30.0 Å². The summed E-state index contributed by atoms with van der Waals surface area (Å²) < 4.78 is 27.3. The highest BCUT2D eigenvalue weighted by Crippen LogP contribution is 2.50. The highest BCUT2D eigenvalue weighted by molar-refractivity contribution is 7.96. The summed E-state index contributed by atoms with van der Waals surface area (Å²) in [5, 5.41) is 0.0265. The molecule has 3 heterocycles. The first kappa shape index (κ1) is 33.2. The third kappa shape index (κ3) is 6.55. The third-order valence-electron chi connectivity index (χ3n) is 9.40. The van der Waals surface area contributed by atoms with Gasteiger partial charge in [0.25, 0.3) is 0 Å². The summed E-state index contributed by atoms with van der Waals surface area (Å²) in [7, 11) is -0.476. The average molecular weight is 670 g/mol. The zero-order valence-corrected chi connectivity index (χ0v) is 29.6. The van der Waals surface area contributed by atoms with E-state index in [9.17, 15) is 0 Å². The van der Waals surface area contributed by atoms with E-state index in [1.54, 1.807) is 13.4 Å². The van der Waals surface area contributed by atoms with E-state index < -0.39 is 13.1 Å². The first-order valence-corrected chi connectivity index (χ1v) is 19.5. The van der Waals surface area contributed by atoms with E-state index in [2.05, 4.69) is 109 Å². The molecule has 0 radical (unpaired) electrons. The van der Waals surface area contributed by atoms with E-state index in [1.165, 1.54) is 18.4 Å². The van der Waals surface area contributed by atoms with Crippen LogP contribution in [0, 0.1) is 0 Å². The molecule has 11 heteroatoms. The van der Waals surface area contributed by atoms with Gasteiger partial charge in [-0.15, -0.1) is 0 Å². The zero-order chi connectivity index (χ0) is 33.2. The number of aromatic nitrogens is 4. The molecule has 1 saturated heterocycles. The number of benzene rings is 3. The largest absolute Gasteiger partial charge is 0.497 e. The predicted octanol–water partition coefficient (Wildman–Crippen LogP) is 7.75. The van der Waals surface area contributed by atoms with Crippen molar-refractivity contribution in [2.75, 3.05) is 19.5 Å². The molecule has 9 nitrogen and oxygen atoms in total. The van der Waals surface area contributed by atoms with Crippen molar-refractivity contribution in [1.82, 2.24) is 19.5 Å². The molecular weight excluding hydrogens is 627 g/mol. The van der Waals surface area contributed by atoms with Crippen LogP contribution in [0.15, 0.2) is 97.6 Å². The van der Waals surface area contributed by atoms with Crippen molar-refractivity contribution in [1.29, 1.82) is 0 Å². The number of methoxy groups -OCH3 is 1. The smallest absolute Gasteiger partial charge is 0.192 e. The molecule has 1 fully saturated rings. The molecule has 0 aliphatic carbocycles. The number of anilines is 1. The van der Waals surface area contributed by atoms with Crippen molar-refractivity contribution in [3.8, 4) is 5.75 Å². The Balaban J connectivity index is 1.34. The molecule has 1 aliphatic rings. The molecule has 246 valence electrons. The molecule has 6 rings (SSSR count). The Morgan fingerprint density at radius 1 is 0.894 bits per heavy atom. The number of nitrogens with two attached hydrogens (primary N) is 1. The van der Waals surface area contributed by atoms with Crippen molar-refractivity contribution in [3.63, 3.8) is 0 Å². The fraction of sp³-hybridized carbons (Fsp3) is 0.361. The van der Waals surface area contributed by atoms with Crippen molar-refractivity contribution in [2.45, 2.75) is 68.5 Å². The number of nitrogens with zero attached hydrogens (tertiary/aromatic N) is 4. The molecular formula is C36H43N5O4SSi. The lowest BCUT2D eigenvalue weighted by molar-refractivity contribution is -0.0331. The van der Waals surface area contributed by atoms with E-state index in [0.717, 1.165) is 22.4 Å². The van der Waals surface area contributed by atoms with Gasteiger partial charge in [-0.1, -0.05) is 93.6 Å². The van der Waals surface area contributed by atoms with Gasteiger partial charge in [-0.05, 0) is 47.0 Å². The summed E-state index contributed by atoms with van der Waals surface area (Å²) >= 11 is 1.44. The average Bonchev–Trinajstić information content (AvgIpc) is 3.68. The first-order valence-electron chi connectivity index (χ1n) is 15.9. The van der Waals surface area contributed by atoms with Crippen LogP contribution in [0.1, 0.15) is 50.1 Å². The summed E-state index contributed by atoms with van der Waals surface area (Å²) in [5.41, 5.74) is 10.6. The number of imidazole rings is 1. The van der Waals surface area contributed by atoms with Gasteiger partial charge in [0.05, 0.1) is 26.1 Å². The van der Waals surface area contributed by atoms with Gasteiger partial charge in [-0.2, -0.15) is 0 Å². The molecule has 3 atom stereocenters. The Labute approximate surface area is 282 Å². The summed E-state index contributed by atoms with van der Waals surface area (Å²) in [6, 6.07) is 29.1. The topological polar surface area (TPSA) is 107 Å². The lowest BCUT2D eigenvalue weighted by Crippen LogP contribution is -2.46. The quantitative estimate of drug-likeness (QED) is 0.0858. The van der Waals surface area contributed by atoms with Gasteiger partial charge in [0.15, 0.2) is 19.8 Å². The standard InChI is InChI=1S/C36H43N5O4SSi/c1-35(2,3)47(5,6)45-29-21-31(41-24-40-32-33(37)38-23-39-34(32)41)44-30(29)22-43-46-36(25-13-9-7-10-14-25,26-15-11-8-12-16-26)27-17-19-28(42-4)20-18-27/h7-20,23-24,29-31H,21-22H2,1-6H3,(H2,37,38,39)/t29-,30+,31+/m0/s1. The van der Waals surface area contributed by atoms with Crippen molar-refractivity contribution in [2.24, 2.45) is 0 Å². The minimum absolute atomic E-state index is 0.0265. The number of fused-ring (bicyclic) bond motifs is 1. The molecule has 1 aliphatic heterocycles. The number of ether oxygens (including phenoxy) is 2. The maximum Gasteiger partial charge on any atom is 0.192 e. The number of nitrogen functional groups attached to an aromatic ring is 1. The Bertz CT molecular complexity index is 1740. The third-order valence-corrected chi connectivity index (χ3v) is 15.1. The molecule has 2 N–H and O–H groups in total. The normalized spacial score (nSPS) is 18.9. The van der Waals surface area contributed by atoms with Crippen molar-refractivity contribution >= 4 is 37.3 Å². The first-order chi connectivity index (χ1) is 22.5. The van der Waals surface area contributed by atoms with E-state index in [1.807, 2.05) is 28.8 Å². The molecule has 0 unspecified atom stereocenters. The Morgan fingerprint density at radius 2 is 1.51 bits per heavy atom. The second kappa shape index (κ2) is 13.4. The Morgan fingerprint density at radius 3 is 2.11 bits per heavy atom. The van der Waals surface area contributed by atoms with Gasteiger partial charge >= 0.3 is 0 Å². The molecule has 47 heavy (non-hydrogen) atoms. The molecule has 3 aromatic carbocycles. The number of hydrogen-bond donors (Lipinski definition) is 1. The zero-order valence-electron chi connectivity index (χ0n) is 27.8. The van der Waals surface area contributed by atoms with Crippen LogP contribution in [0.3, 0.4) is 0 Å². The van der Waals surface area contributed by atoms with Crippen LogP contribution in [0.25, 0.3) is 11.2 Å². The van der Waals surface area contributed by atoms with Crippen LogP contribution in [0.2, 0.25) is 18.1 Å². The van der Waals surface area contributed by atoms with E-state index in [4.69, 9.17) is 23.8 Å². The van der Waals surface area contributed by atoms with Crippen LogP contribution >= 0.6 is 12.0 Å². The molecule has 0 saturated carbocycles. The lowest BCUT2D eigenvalue weighted by atomic mass is 9.84. The van der Waals surface area contributed by atoms with Crippen LogP contribution in [0.5, 0.6) is 5.75 Å². The summed E-state index contributed by atoms with van der Waals surface area (Å²) in [4.78, 5) is 13.1. The highest BCUT2D eigenvalue weighted by atomic mass is 32.2. The predicted molar refractivity (Wildman–Crippen MR) is 190 cm³/mol. The maximum atomic E-state index is 7.02.